The van der Waals surface area contributed by atoms with Crippen molar-refractivity contribution in [2.45, 2.75) is 37.8 Å². The van der Waals surface area contributed by atoms with Crippen LogP contribution in [0.5, 0.6) is 5.75 Å². The fourth-order valence-corrected chi connectivity index (χ4v) is 6.20. The number of fused-ring (bicyclic) bond motifs is 2. The van der Waals surface area contributed by atoms with Crippen LogP contribution in [0.2, 0.25) is 0 Å². The third-order valence-electron chi connectivity index (χ3n) is 7.29. The van der Waals surface area contributed by atoms with Crippen molar-refractivity contribution in [3.63, 3.8) is 0 Å². The minimum absolute atomic E-state index is 0.126. The number of aliphatic hydroxyl groups is 1. The Kier molecular flexibility index (Phi) is 7.44. The van der Waals surface area contributed by atoms with Crippen LogP contribution in [0.25, 0.3) is 32.9 Å². The van der Waals surface area contributed by atoms with Gasteiger partial charge in [0.2, 0.25) is 0 Å². The molecule has 0 bridgehead atoms. The van der Waals surface area contributed by atoms with Crippen LogP contribution in [0.4, 0.5) is 17.2 Å². The van der Waals surface area contributed by atoms with Gasteiger partial charge in [-0.15, -0.1) is 0 Å². The third kappa shape index (κ3) is 5.92. The van der Waals surface area contributed by atoms with E-state index in [1.807, 2.05) is 42.1 Å². The molecule has 224 valence electrons. The predicted octanol–water partition coefficient (Wildman–Crippen LogP) is 6.28. The number of benzene rings is 3. The molecule has 0 fully saturated rings. The number of nitrogens with one attached hydrogen (secondary N) is 2. The second-order valence-electron chi connectivity index (χ2n) is 11.2. The van der Waals surface area contributed by atoms with Crippen LogP contribution in [0.1, 0.15) is 19.4 Å². The molecule has 6 rings (SSSR count). The normalized spacial score (nSPS) is 12.0. The summed E-state index contributed by atoms with van der Waals surface area (Å²) in [6, 6.07) is 21.1. The van der Waals surface area contributed by atoms with Gasteiger partial charge in [0, 0.05) is 45.9 Å². The lowest BCUT2D eigenvalue weighted by atomic mass is 9.98. The maximum atomic E-state index is 13.0. The standard InChI is InChI=1S/C33H32N6O4S/c1-21-27(12-13-30-29(21)19-36-39(30)20-33(2,3)40)32-28-17-31(35-18-22(28)14-15-34-32)37-23-8-10-26(11-9-23)44(41,42)38-24-6-5-7-25(16-24)43-4/h5-19,38,40H,20H2,1-4H3,(H,35,37). The van der Waals surface area contributed by atoms with Crippen molar-refractivity contribution in [3.05, 3.63) is 97.0 Å². The Bertz CT molecular complexity index is 2100. The van der Waals surface area contributed by atoms with E-state index in [9.17, 15) is 13.5 Å². The van der Waals surface area contributed by atoms with Crippen molar-refractivity contribution in [1.82, 2.24) is 19.7 Å². The highest BCUT2D eigenvalue weighted by atomic mass is 32.2. The first kappa shape index (κ1) is 29.1. The molecular formula is C33H32N6O4S. The van der Waals surface area contributed by atoms with Gasteiger partial charge < -0.3 is 15.2 Å². The van der Waals surface area contributed by atoms with Gasteiger partial charge in [-0.25, -0.2) is 13.4 Å². The van der Waals surface area contributed by atoms with Gasteiger partial charge >= 0.3 is 0 Å². The zero-order valence-corrected chi connectivity index (χ0v) is 25.6. The Morgan fingerprint density at radius 1 is 0.932 bits per heavy atom. The number of sulfonamides is 1. The summed E-state index contributed by atoms with van der Waals surface area (Å²) in [5.74, 6) is 1.15. The molecule has 3 aromatic heterocycles. The van der Waals surface area contributed by atoms with Gasteiger partial charge in [0.15, 0.2) is 0 Å². The van der Waals surface area contributed by atoms with Crippen LogP contribution >= 0.6 is 0 Å². The van der Waals surface area contributed by atoms with Crippen molar-refractivity contribution in [2.24, 2.45) is 0 Å². The zero-order valence-electron chi connectivity index (χ0n) is 24.7. The lowest BCUT2D eigenvalue weighted by Crippen LogP contribution is -2.26. The average Bonchev–Trinajstić information content (AvgIpc) is 3.39. The summed E-state index contributed by atoms with van der Waals surface area (Å²) in [4.78, 5) is 9.44. The second-order valence-corrected chi connectivity index (χ2v) is 12.9. The zero-order chi connectivity index (χ0) is 31.1. The summed E-state index contributed by atoms with van der Waals surface area (Å²) >= 11 is 0. The van der Waals surface area contributed by atoms with E-state index in [1.165, 1.54) is 19.2 Å². The Morgan fingerprint density at radius 2 is 1.73 bits per heavy atom. The highest BCUT2D eigenvalue weighted by Crippen LogP contribution is 2.34. The van der Waals surface area contributed by atoms with Gasteiger partial charge in [-0.3, -0.25) is 14.4 Å². The number of ether oxygens (including phenoxy) is 1. The highest BCUT2D eigenvalue weighted by molar-refractivity contribution is 7.92. The summed E-state index contributed by atoms with van der Waals surface area (Å²) < 4.78 is 35.5. The molecule has 0 saturated carbocycles. The number of pyridine rings is 2. The largest absolute Gasteiger partial charge is 0.497 e. The lowest BCUT2D eigenvalue weighted by molar-refractivity contribution is 0.0591. The first-order valence-electron chi connectivity index (χ1n) is 14.0. The van der Waals surface area contributed by atoms with Gasteiger partial charge in [-0.2, -0.15) is 5.10 Å². The van der Waals surface area contributed by atoms with E-state index >= 15 is 0 Å². The minimum atomic E-state index is -3.80. The van der Waals surface area contributed by atoms with E-state index in [4.69, 9.17) is 9.72 Å². The molecule has 0 saturated heterocycles. The van der Waals surface area contributed by atoms with Crippen LogP contribution in [-0.4, -0.2) is 46.0 Å². The maximum absolute atomic E-state index is 13.0. The molecule has 3 N–H and O–H groups in total. The molecule has 6 aromatic rings. The molecule has 44 heavy (non-hydrogen) atoms. The second kappa shape index (κ2) is 11.3. The first-order valence-corrected chi connectivity index (χ1v) is 15.5. The minimum Gasteiger partial charge on any atom is -0.497 e. The van der Waals surface area contributed by atoms with E-state index in [-0.39, 0.29) is 4.90 Å². The van der Waals surface area contributed by atoms with Crippen LogP contribution < -0.4 is 14.8 Å². The van der Waals surface area contributed by atoms with E-state index in [2.05, 4.69) is 20.1 Å². The molecule has 3 aromatic carbocycles. The van der Waals surface area contributed by atoms with Crippen molar-refractivity contribution in [3.8, 4) is 17.0 Å². The monoisotopic (exact) mass is 608 g/mol. The summed E-state index contributed by atoms with van der Waals surface area (Å²) in [7, 11) is -2.27. The number of aryl methyl sites for hydroxylation is 1. The van der Waals surface area contributed by atoms with Gasteiger partial charge in [0.1, 0.15) is 11.6 Å². The molecule has 0 aliphatic heterocycles. The molecule has 0 aliphatic rings. The number of aromatic nitrogens is 4. The molecular weight excluding hydrogens is 576 g/mol. The molecule has 0 spiro atoms. The van der Waals surface area contributed by atoms with Crippen LogP contribution in [0.15, 0.2) is 96.3 Å². The average molecular weight is 609 g/mol. The molecule has 0 amide bonds. The number of hydrogen-bond acceptors (Lipinski definition) is 8. The first-order chi connectivity index (χ1) is 21.0. The number of hydrogen-bond donors (Lipinski definition) is 3. The molecule has 10 nitrogen and oxygen atoms in total. The van der Waals surface area contributed by atoms with E-state index < -0.39 is 15.6 Å². The van der Waals surface area contributed by atoms with Crippen molar-refractivity contribution < 1.29 is 18.3 Å². The van der Waals surface area contributed by atoms with E-state index in [0.717, 1.165) is 38.5 Å². The predicted molar refractivity (Wildman–Crippen MR) is 173 cm³/mol. The van der Waals surface area contributed by atoms with E-state index in [1.54, 1.807) is 62.6 Å². The van der Waals surface area contributed by atoms with Gasteiger partial charge in [-0.1, -0.05) is 12.1 Å². The van der Waals surface area contributed by atoms with Gasteiger partial charge in [-0.05, 0) is 80.9 Å². The van der Waals surface area contributed by atoms with Gasteiger partial charge in [0.05, 0.1) is 47.2 Å². The van der Waals surface area contributed by atoms with Crippen molar-refractivity contribution in [2.75, 3.05) is 17.1 Å². The lowest BCUT2D eigenvalue weighted by Gasteiger charge is -2.18. The fraction of sp³-hybridized carbons (Fsp3) is 0.182. The topological polar surface area (TPSA) is 131 Å². The van der Waals surface area contributed by atoms with Crippen LogP contribution in [0.3, 0.4) is 0 Å². The number of methoxy groups -OCH3 is 1. The summed E-state index contributed by atoms with van der Waals surface area (Å²) in [5, 5.41) is 20.9. The quantitative estimate of drug-likeness (QED) is 0.175. The Morgan fingerprint density at radius 3 is 2.48 bits per heavy atom. The fourth-order valence-electron chi connectivity index (χ4n) is 5.16. The number of nitrogens with zero attached hydrogens (tertiary/aromatic N) is 4. The Hall–Kier alpha value is -5.00. The van der Waals surface area contributed by atoms with Crippen molar-refractivity contribution in [1.29, 1.82) is 0 Å². The smallest absolute Gasteiger partial charge is 0.261 e. The molecule has 0 radical (unpaired) electrons. The molecule has 3 heterocycles. The molecule has 0 atom stereocenters. The molecule has 0 unspecified atom stereocenters. The Labute approximate surface area is 255 Å². The van der Waals surface area contributed by atoms with Crippen LogP contribution in [-0.2, 0) is 16.6 Å². The van der Waals surface area contributed by atoms with E-state index in [0.29, 0.717) is 29.5 Å². The number of rotatable bonds is 9. The number of anilines is 3. The third-order valence-corrected chi connectivity index (χ3v) is 8.69. The maximum Gasteiger partial charge on any atom is 0.261 e. The highest BCUT2D eigenvalue weighted by Gasteiger charge is 2.19. The molecule has 11 heteroatoms. The summed E-state index contributed by atoms with van der Waals surface area (Å²) in [6.45, 7) is 5.96. The van der Waals surface area contributed by atoms with Gasteiger partial charge in [0.25, 0.3) is 10.0 Å². The van der Waals surface area contributed by atoms with Crippen LogP contribution in [0, 0.1) is 6.92 Å². The SMILES string of the molecule is COc1cccc(NS(=O)(=O)c2ccc(Nc3cc4c(-c5ccc6c(cnn6CC(C)(C)O)c5C)nccc4cn3)cc2)c1. The Balaban J connectivity index is 1.27. The summed E-state index contributed by atoms with van der Waals surface area (Å²) in [6.07, 6.45) is 5.39. The molecule has 0 aliphatic carbocycles. The van der Waals surface area contributed by atoms with Crippen molar-refractivity contribution >= 4 is 48.9 Å². The summed E-state index contributed by atoms with van der Waals surface area (Å²) in [5.41, 5.74) is 3.97.